The molecule has 0 aliphatic rings. The van der Waals surface area contributed by atoms with Crippen LogP contribution in [0.1, 0.15) is 22.5 Å². The van der Waals surface area contributed by atoms with Gasteiger partial charge in [-0.25, -0.2) is 0 Å². The second kappa shape index (κ2) is 5.71. The SMILES string of the molecule is Cc1nnc(NCc2ccccn2)c(C(N)=S)c1C. The minimum Gasteiger partial charge on any atom is -0.389 e. The summed E-state index contributed by atoms with van der Waals surface area (Å²) in [7, 11) is 0. The van der Waals surface area contributed by atoms with E-state index >= 15 is 0 Å². The number of hydrogen-bond donors (Lipinski definition) is 2. The summed E-state index contributed by atoms with van der Waals surface area (Å²) >= 11 is 5.08. The van der Waals surface area contributed by atoms with Gasteiger partial charge < -0.3 is 11.1 Å². The number of aryl methyl sites for hydroxylation is 1. The zero-order valence-corrected chi connectivity index (χ0v) is 11.7. The van der Waals surface area contributed by atoms with Crippen LogP contribution in [0.25, 0.3) is 0 Å². The summed E-state index contributed by atoms with van der Waals surface area (Å²) in [4.78, 5) is 4.55. The fraction of sp³-hybridized carbons (Fsp3) is 0.231. The molecule has 0 spiro atoms. The van der Waals surface area contributed by atoms with Crippen LogP contribution in [-0.4, -0.2) is 20.2 Å². The second-order valence-electron chi connectivity index (χ2n) is 4.17. The van der Waals surface area contributed by atoms with Crippen molar-refractivity contribution in [2.24, 2.45) is 5.73 Å². The van der Waals surface area contributed by atoms with Crippen molar-refractivity contribution in [1.29, 1.82) is 0 Å². The molecule has 2 aromatic heterocycles. The molecule has 6 heteroatoms. The third-order valence-electron chi connectivity index (χ3n) is 2.86. The number of hydrogen-bond acceptors (Lipinski definition) is 5. The monoisotopic (exact) mass is 273 g/mol. The largest absolute Gasteiger partial charge is 0.389 e. The Morgan fingerprint density at radius 1 is 1.32 bits per heavy atom. The second-order valence-corrected chi connectivity index (χ2v) is 4.61. The number of nitrogens with zero attached hydrogens (tertiary/aromatic N) is 3. The quantitative estimate of drug-likeness (QED) is 0.826. The van der Waals surface area contributed by atoms with Gasteiger partial charge in [-0.1, -0.05) is 18.3 Å². The highest BCUT2D eigenvalue weighted by Crippen LogP contribution is 2.18. The van der Waals surface area contributed by atoms with Gasteiger partial charge in [0.15, 0.2) is 5.82 Å². The Balaban J connectivity index is 2.26. The number of nitrogens with one attached hydrogen (secondary N) is 1. The molecule has 5 nitrogen and oxygen atoms in total. The fourth-order valence-electron chi connectivity index (χ4n) is 1.71. The Kier molecular flexibility index (Phi) is 4.01. The van der Waals surface area contributed by atoms with Gasteiger partial charge in [-0.2, -0.15) is 5.10 Å². The lowest BCUT2D eigenvalue weighted by atomic mass is 10.1. The number of rotatable bonds is 4. The highest BCUT2D eigenvalue weighted by Gasteiger charge is 2.13. The molecule has 3 N–H and O–H groups in total. The molecule has 98 valence electrons. The van der Waals surface area contributed by atoms with Crippen molar-refractivity contribution in [1.82, 2.24) is 15.2 Å². The zero-order chi connectivity index (χ0) is 13.8. The van der Waals surface area contributed by atoms with Crippen LogP contribution >= 0.6 is 12.2 Å². The summed E-state index contributed by atoms with van der Waals surface area (Å²) in [5, 5.41) is 11.4. The minimum absolute atomic E-state index is 0.319. The number of thiocarbonyl (C=S) groups is 1. The summed E-state index contributed by atoms with van der Waals surface area (Å²) in [6.07, 6.45) is 1.75. The molecule has 0 aromatic carbocycles. The van der Waals surface area contributed by atoms with Crippen LogP contribution in [0.4, 0.5) is 5.82 Å². The van der Waals surface area contributed by atoms with Crippen molar-refractivity contribution in [2.75, 3.05) is 5.32 Å². The molecule has 2 rings (SSSR count). The van der Waals surface area contributed by atoms with Gasteiger partial charge in [0, 0.05) is 6.20 Å². The van der Waals surface area contributed by atoms with E-state index in [1.165, 1.54) is 0 Å². The molecule has 0 fully saturated rings. The predicted octanol–water partition coefficient (Wildman–Crippen LogP) is 1.73. The Morgan fingerprint density at radius 2 is 2.11 bits per heavy atom. The maximum atomic E-state index is 5.76. The number of pyridine rings is 1. The molecule has 0 saturated heterocycles. The Morgan fingerprint density at radius 3 is 2.74 bits per heavy atom. The van der Waals surface area contributed by atoms with Gasteiger partial charge in [0.25, 0.3) is 0 Å². The van der Waals surface area contributed by atoms with E-state index in [2.05, 4.69) is 20.5 Å². The van der Waals surface area contributed by atoms with Gasteiger partial charge in [-0.3, -0.25) is 4.98 Å². The van der Waals surface area contributed by atoms with E-state index in [1.54, 1.807) is 6.20 Å². The molecule has 0 atom stereocenters. The van der Waals surface area contributed by atoms with Crippen molar-refractivity contribution >= 4 is 23.0 Å². The molecule has 0 saturated carbocycles. The van der Waals surface area contributed by atoms with Crippen LogP contribution in [0.15, 0.2) is 24.4 Å². The van der Waals surface area contributed by atoms with E-state index in [0.717, 1.165) is 22.5 Å². The van der Waals surface area contributed by atoms with Crippen molar-refractivity contribution in [3.8, 4) is 0 Å². The van der Waals surface area contributed by atoms with E-state index in [0.29, 0.717) is 17.4 Å². The van der Waals surface area contributed by atoms with Crippen LogP contribution in [0.2, 0.25) is 0 Å². The molecule has 2 aromatic rings. The van der Waals surface area contributed by atoms with Gasteiger partial charge in [0.2, 0.25) is 0 Å². The smallest absolute Gasteiger partial charge is 0.159 e. The number of nitrogens with two attached hydrogens (primary N) is 1. The first-order chi connectivity index (χ1) is 9.09. The number of aromatic nitrogens is 3. The fourth-order valence-corrected chi connectivity index (χ4v) is 1.96. The average Bonchev–Trinajstić information content (AvgIpc) is 2.41. The standard InChI is InChI=1S/C13H15N5S/c1-8-9(2)17-18-13(11(8)12(14)19)16-7-10-5-3-4-6-15-10/h3-6H,7H2,1-2H3,(H2,14,19)(H,16,18). The maximum absolute atomic E-state index is 5.76. The molecule has 0 aliphatic heterocycles. The molecule has 19 heavy (non-hydrogen) atoms. The van der Waals surface area contributed by atoms with Crippen molar-refractivity contribution in [3.05, 3.63) is 46.9 Å². The minimum atomic E-state index is 0.319. The number of anilines is 1. The molecule has 0 aliphatic carbocycles. The van der Waals surface area contributed by atoms with Crippen LogP contribution in [0, 0.1) is 13.8 Å². The third-order valence-corrected chi connectivity index (χ3v) is 3.07. The van der Waals surface area contributed by atoms with Gasteiger partial charge in [-0.05, 0) is 31.5 Å². The summed E-state index contributed by atoms with van der Waals surface area (Å²) in [6, 6.07) is 5.74. The molecular weight excluding hydrogens is 258 g/mol. The molecule has 0 radical (unpaired) electrons. The van der Waals surface area contributed by atoms with E-state index in [9.17, 15) is 0 Å². The summed E-state index contributed by atoms with van der Waals surface area (Å²) in [5.74, 6) is 0.598. The van der Waals surface area contributed by atoms with Gasteiger partial charge in [-0.15, -0.1) is 5.10 Å². The van der Waals surface area contributed by atoms with Crippen molar-refractivity contribution < 1.29 is 0 Å². The Labute approximate surface area is 117 Å². The van der Waals surface area contributed by atoms with Crippen LogP contribution in [0.3, 0.4) is 0 Å². The van der Waals surface area contributed by atoms with Crippen molar-refractivity contribution in [2.45, 2.75) is 20.4 Å². The first kappa shape index (κ1) is 13.4. The van der Waals surface area contributed by atoms with Gasteiger partial charge >= 0.3 is 0 Å². The van der Waals surface area contributed by atoms with Crippen LogP contribution in [0.5, 0.6) is 0 Å². The van der Waals surface area contributed by atoms with Crippen LogP contribution in [-0.2, 0) is 6.54 Å². The first-order valence-corrected chi connectivity index (χ1v) is 6.28. The Hall–Kier alpha value is -2.08. The normalized spacial score (nSPS) is 10.2. The highest BCUT2D eigenvalue weighted by molar-refractivity contribution is 7.80. The summed E-state index contributed by atoms with van der Waals surface area (Å²) in [6.45, 7) is 4.37. The van der Waals surface area contributed by atoms with Gasteiger partial charge in [0.1, 0.15) is 4.99 Å². The molecular formula is C13H15N5S. The molecule has 2 heterocycles. The van der Waals surface area contributed by atoms with Gasteiger partial charge in [0.05, 0.1) is 23.5 Å². The lowest BCUT2D eigenvalue weighted by Gasteiger charge is -2.12. The Bertz CT molecular complexity index is 597. The summed E-state index contributed by atoms with van der Waals surface area (Å²) < 4.78 is 0. The van der Waals surface area contributed by atoms with E-state index in [-0.39, 0.29) is 0 Å². The van der Waals surface area contributed by atoms with Crippen LogP contribution < -0.4 is 11.1 Å². The lowest BCUT2D eigenvalue weighted by Crippen LogP contribution is -2.18. The predicted molar refractivity (Wildman–Crippen MR) is 79.0 cm³/mol. The van der Waals surface area contributed by atoms with Crippen molar-refractivity contribution in [3.63, 3.8) is 0 Å². The molecule has 0 bridgehead atoms. The average molecular weight is 273 g/mol. The molecule has 0 amide bonds. The maximum Gasteiger partial charge on any atom is 0.159 e. The highest BCUT2D eigenvalue weighted by atomic mass is 32.1. The zero-order valence-electron chi connectivity index (χ0n) is 10.8. The van der Waals surface area contributed by atoms with E-state index in [4.69, 9.17) is 18.0 Å². The molecule has 0 unspecified atom stereocenters. The first-order valence-electron chi connectivity index (χ1n) is 5.87. The topological polar surface area (TPSA) is 76.7 Å². The summed E-state index contributed by atoms with van der Waals surface area (Å²) in [5.41, 5.74) is 9.20. The lowest BCUT2D eigenvalue weighted by molar-refractivity contribution is 0.934. The van der Waals surface area contributed by atoms with E-state index in [1.807, 2.05) is 32.0 Å². The van der Waals surface area contributed by atoms with E-state index < -0.39 is 0 Å². The third kappa shape index (κ3) is 3.03.